The van der Waals surface area contributed by atoms with E-state index in [1.54, 1.807) is 0 Å². The van der Waals surface area contributed by atoms with E-state index in [9.17, 15) is 0 Å². The van der Waals surface area contributed by atoms with Crippen molar-refractivity contribution < 1.29 is 4.52 Å². The summed E-state index contributed by atoms with van der Waals surface area (Å²) in [6, 6.07) is 0. The number of aromatic nitrogens is 1. The fourth-order valence-electron chi connectivity index (χ4n) is 1.04. The smallest absolute Gasteiger partial charge is 0.156 e. The van der Waals surface area contributed by atoms with Gasteiger partial charge in [0.1, 0.15) is 11.4 Å². The second kappa shape index (κ2) is 3.61. The molecule has 0 fully saturated rings. The molecule has 0 unspecified atom stereocenters. The van der Waals surface area contributed by atoms with Crippen LogP contribution in [0.25, 0.3) is 0 Å². The van der Waals surface area contributed by atoms with Gasteiger partial charge in [-0.15, -0.1) is 0 Å². The van der Waals surface area contributed by atoms with Crippen LogP contribution >= 0.6 is 0 Å². The lowest BCUT2D eigenvalue weighted by molar-refractivity contribution is 0.393. The van der Waals surface area contributed by atoms with Crippen LogP contribution in [0, 0.1) is 19.8 Å². The molecule has 3 nitrogen and oxygen atoms in total. The summed E-state index contributed by atoms with van der Waals surface area (Å²) < 4.78 is 5.02. The minimum absolute atomic E-state index is 0.638. The molecular formula is C9H16N2O. The molecular weight excluding hydrogens is 152 g/mol. The molecule has 12 heavy (non-hydrogen) atoms. The zero-order chi connectivity index (χ0) is 9.14. The van der Waals surface area contributed by atoms with Gasteiger partial charge in [-0.3, -0.25) is 0 Å². The molecule has 1 N–H and O–H groups in total. The maximum atomic E-state index is 5.02. The van der Waals surface area contributed by atoms with Gasteiger partial charge in [-0.1, -0.05) is 19.0 Å². The highest BCUT2D eigenvalue weighted by atomic mass is 16.5. The number of nitrogens with one attached hydrogen (secondary N) is 1. The van der Waals surface area contributed by atoms with Crippen LogP contribution in [0.5, 0.6) is 0 Å². The maximum absolute atomic E-state index is 5.02. The maximum Gasteiger partial charge on any atom is 0.156 e. The minimum atomic E-state index is 0.638. The number of aryl methyl sites for hydroxylation is 2. The normalized spacial score (nSPS) is 10.8. The van der Waals surface area contributed by atoms with Gasteiger partial charge in [0, 0.05) is 6.54 Å². The Morgan fingerprint density at radius 2 is 2.08 bits per heavy atom. The Hall–Kier alpha value is -0.990. The summed E-state index contributed by atoms with van der Waals surface area (Å²) in [5, 5.41) is 7.16. The fourth-order valence-corrected chi connectivity index (χ4v) is 1.04. The highest BCUT2D eigenvalue weighted by molar-refractivity contribution is 5.49. The van der Waals surface area contributed by atoms with Crippen molar-refractivity contribution in [1.82, 2.24) is 5.16 Å². The SMILES string of the molecule is Cc1noc(C)c1NCC(C)C. The summed E-state index contributed by atoms with van der Waals surface area (Å²) in [7, 11) is 0. The molecule has 0 bridgehead atoms. The summed E-state index contributed by atoms with van der Waals surface area (Å²) >= 11 is 0. The number of anilines is 1. The fraction of sp³-hybridized carbons (Fsp3) is 0.667. The largest absolute Gasteiger partial charge is 0.380 e. The van der Waals surface area contributed by atoms with E-state index in [-0.39, 0.29) is 0 Å². The standard InChI is InChI=1S/C9H16N2O/c1-6(2)5-10-9-7(3)11-12-8(9)4/h6,10H,5H2,1-4H3. The number of rotatable bonds is 3. The molecule has 0 saturated carbocycles. The summed E-state index contributed by atoms with van der Waals surface area (Å²) in [5.74, 6) is 1.51. The second-order valence-corrected chi connectivity index (χ2v) is 3.47. The van der Waals surface area contributed by atoms with Crippen molar-refractivity contribution in [2.45, 2.75) is 27.7 Å². The molecule has 0 spiro atoms. The molecule has 0 aliphatic heterocycles. The third kappa shape index (κ3) is 2.00. The first-order chi connectivity index (χ1) is 5.61. The van der Waals surface area contributed by atoms with E-state index >= 15 is 0 Å². The van der Waals surface area contributed by atoms with Gasteiger partial charge < -0.3 is 9.84 Å². The van der Waals surface area contributed by atoms with Crippen LogP contribution < -0.4 is 5.32 Å². The van der Waals surface area contributed by atoms with Gasteiger partial charge in [-0.2, -0.15) is 0 Å². The van der Waals surface area contributed by atoms with Crippen LogP contribution in [0.15, 0.2) is 4.52 Å². The Kier molecular flexibility index (Phi) is 2.74. The Labute approximate surface area is 73.1 Å². The monoisotopic (exact) mass is 168 g/mol. The predicted molar refractivity (Wildman–Crippen MR) is 49.3 cm³/mol. The molecule has 1 aromatic heterocycles. The van der Waals surface area contributed by atoms with Crippen LogP contribution in [0.1, 0.15) is 25.3 Å². The van der Waals surface area contributed by atoms with Crippen LogP contribution in [-0.2, 0) is 0 Å². The quantitative estimate of drug-likeness (QED) is 0.752. The molecule has 1 rings (SSSR count). The summed E-state index contributed by atoms with van der Waals surface area (Å²) in [6.07, 6.45) is 0. The minimum Gasteiger partial charge on any atom is -0.380 e. The third-order valence-corrected chi connectivity index (χ3v) is 1.72. The van der Waals surface area contributed by atoms with E-state index in [2.05, 4.69) is 24.3 Å². The Morgan fingerprint density at radius 1 is 1.42 bits per heavy atom. The first-order valence-electron chi connectivity index (χ1n) is 4.28. The molecule has 0 atom stereocenters. The molecule has 0 aliphatic rings. The first-order valence-corrected chi connectivity index (χ1v) is 4.28. The Bertz CT molecular complexity index is 234. The highest BCUT2D eigenvalue weighted by Crippen LogP contribution is 2.18. The average Bonchev–Trinajstić information content (AvgIpc) is 2.28. The molecule has 0 aliphatic carbocycles. The lowest BCUT2D eigenvalue weighted by atomic mass is 10.2. The van der Waals surface area contributed by atoms with Crippen LogP contribution in [0.3, 0.4) is 0 Å². The van der Waals surface area contributed by atoms with Gasteiger partial charge >= 0.3 is 0 Å². The van der Waals surface area contributed by atoms with E-state index in [0.29, 0.717) is 5.92 Å². The van der Waals surface area contributed by atoms with Crippen molar-refractivity contribution in [2.75, 3.05) is 11.9 Å². The zero-order valence-corrected chi connectivity index (χ0v) is 8.14. The van der Waals surface area contributed by atoms with Crippen molar-refractivity contribution in [3.63, 3.8) is 0 Å². The molecule has 0 aromatic carbocycles. The van der Waals surface area contributed by atoms with Gasteiger partial charge in [-0.25, -0.2) is 0 Å². The van der Waals surface area contributed by atoms with Crippen molar-refractivity contribution in [1.29, 1.82) is 0 Å². The van der Waals surface area contributed by atoms with Crippen molar-refractivity contribution >= 4 is 5.69 Å². The van der Waals surface area contributed by atoms with Gasteiger partial charge in [-0.05, 0) is 19.8 Å². The lowest BCUT2D eigenvalue weighted by Crippen LogP contribution is -2.08. The number of nitrogens with zero attached hydrogens (tertiary/aromatic N) is 1. The van der Waals surface area contributed by atoms with Gasteiger partial charge in [0.25, 0.3) is 0 Å². The summed E-state index contributed by atoms with van der Waals surface area (Å²) in [4.78, 5) is 0. The van der Waals surface area contributed by atoms with Crippen molar-refractivity contribution in [2.24, 2.45) is 5.92 Å². The molecule has 1 heterocycles. The molecule has 1 aromatic rings. The lowest BCUT2D eigenvalue weighted by Gasteiger charge is -2.07. The van der Waals surface area contributed by atoms with E-state index in [4.69, 9.17) is 4.52 Å². The topological polar surface area (TPSA) is 38.1 Å². The molecule has 68 valence electrons. The molecule has 3 heteroatoms. The van der Waals surface area contributed by atoms with E-state index < -0.39 is 0 Å². The van der Waals surface area contributed by atoms with Crippen LogP contribution in [-0.4, -0.2) is 11.7 Å². The Morgan fingerprint density at radius 3 is 2.50 bits per heavy atom. The van der Waals surface area contributed by atoms with Crippen LogP contribution in [0.2, 0.25) is 0 Å². The van der Waals surface area contributed by atoms with E-state index in [1.807, 2.05) is 13.8 Å². The number of hydrogen-bond donors (Lipinski definition) is 1. The van der Waals surface area contributed by atoms with E-state index in [1.165, 1.54) is 0 Å². The number of hydrogen-bond acceptors (Lipinski definition) is 3. The van der Waals surface area contributed by atoms with Crippen molar-refractivity contribution in [3.8, 4) is 0 Å². The average molecular weight is 168 g/mol. The third-order valence-electron chi connectivity index (χ3n) is 1.72. The van der Waals surface area contributed by atoms with Crippen LogP contribution in [0.4, 0.5) is 5.69 Å². The molecule has 0 amide bonds. The van der Waals surface area contributed by atoms with Crippen molar-refractivity contribution in [3.05, 3.63) is 11.5 Å². The van der Waals surface area contributed by atoms with Gasteiger partial charge in [0.15, 0.2) is 5.76 Å². The highest BCUT2D eigenvalue weighted by Gasteiger charge is 2.07. The van der Waals surface area contributed by atoms with Gasteiger partial charge in [0.05, 0.1) is 0 Å². The summed E-state index contributed by atoms with van der Waals surface area (Å²) in [5.41, 5.74) is 1.98. The molecule has 0 saturated heterocycles. The predicted octanol–water partition coefficient (Wildman–Crippen LogP) is 2.36. The summed E-state index contributed by atoms with van der Waals surface area (Å²) in [6.45, 7) is 9.17. The zero-order valence-electron chi connectivity index (χ0n) is 8.14. The first kappa shape index (κ1) is 9.10. The van der Waals surface area contributed by atoms with E-state index in [0.717, 1.165) is 23.7 Å². The molecule has 0 radical (unpaired) electrons. The Balaban J connectivity index is 2.62. The second-order valence-electron chi connectivity index (χ2n) is 3.47. The van der Waals surface area contributed by atoms with Gasteiger partial charge in [0.2, 0.25) is 0 Å².